The van der Waals surface area contributed by atoms with Gasteiger partial charge in [-0.05, 0) is 49.6 Å². The zero-order valence-corrected chi connectivity index (χ0v) is 13.6. The summed E-state index contributed by atoms with van der Waals surface area (Å²) in [4.78, 5) is 13.4. The predicted molar refractivity (Wildman–Crippen MR) is 85.0 cm³/mol. The molecule has 0 aromatic heterocycles. The molecule has 6 nitrogen and oxygen atoms in total. The zero-order valence-electron chi connectivity index (χ0n) is 12.8. The van der Waals surface area contributed by atoms with Crippen LogP contribution in [-0.2, 0) is 10.0 Å². The molecule has 122 valence electrons. The molecule has 0 spiro atoms. The Morgan fingerprint density at radius 1 is 1.36 bits per heavy atom. The minimum absolute atomic E-state index is 0.143. The fraction of sp³-hybridized carbons (Fsp3) is 0.533. The van der Waals surface area contributed by atoms with Crippen LogP contribution < -0.4 is 10.5 Å². The van der Waals surface area contributed by atoms with Crippen molar-refractivity contribution in [3.63, 3.8) is 0 Å². The molecule has 0 aliphatic carbocycles. The van der Waals surface area contributed by atoms with Crippen molar-refractivity contribution in [3.8, 4) is 0 Å². The number of sulfonamides is 1. The van der Waals surface area contributed by atoms with E-state index >= 15 is 0 Å². The average molecular weight is 325 g/mol. The molecule has 0 unspecified atom stereocenters. The normalized spacial score (nSPS) is 20.0. The monoisotopic (exact) mass is 325 g/mol. The number of nitrogens with one attached hydrogen (secondary N) is 1. The highest BCUT2D eigenvalue weighted by atomic mass is 32.2. The lowest BCUT2D eigenvalue weighted by Crippen LogP contribution is -2.40. The minimum atomic E-state index is -3.55. The van der Waals surface area contributed by atoms with Crippen LogP contribution in [0.5, 0.6) is 0 Å². The van der Waals surface area contributed by atoms with Crippen molar-refractivity contribution in [1.82, 2.24) is 9.62 Å². The molecule has 1 aromatic carbocycles. The SMILES string of the molecule is C[C@H]1CCCN(CCNS(=O)(=O)c2ccc(C(N)=O)cc2)C1. The number of benzene rings is 1. The first-order chi connectivity index (χ1) is 10.4. The predicted octanol–water partition coefficient (Wildman–Crippen LogP) is 0.796. The van der Waals surface area contributed by atoms with E-state index in [9.17, 15) is 13.2 Å². The Morgan fingerprint density at radius 2 is 2.05 bits per heavy atom. The summed E-state index contributed by atoms with van der Waals surface area (Å²) in [6.45, 7) is 5.36. The molecule has 1 heterocycles. The lowest BCUT2D eigenvalue weighted by molar-refractivity contribution is 0.1000. The summed E-state index contributed by atoms with van der Waals surface area (Å²) in [5.41, 5.74) is 5.43. The summed E-state index contributed by atoms with van der Waals surface area (Å²) in [5.74, 6) is 0.0998. The van der Waals surface area contributed by atoms with Crippen molar-refractivity contribution in [2.24, 2.45) is 11.7 Å². The number of nitrogens with zero attached hydrogens (tertiary/aromatic N) is 1. The Hall–Kier alpha value is -1.44. The van der Waals surface area contributed by atoms with Crippen molar-refractivity contribution in [3.05, 3.63) is 29.8 Å². The summed E-state index contributed by atoms with van der Waals surface area (Å²) in [5, 5.41) is 0. The fourth-order valence-corrected chi connectivity index (χ4v) is 3.73. The Labute approximate surface area is 131 Å². The Bertz CT molecular complexity index is 613. The van der Waals surface area contributed by atoms with E-state index in [1.807, 2.05) is 0 Å². The number of amides is 1. The smallest absolute Gasteiger partial charge is 0.248 e. The molecule has 1 aliphatic rings. The zero-order chi connectivity index (χ0) is 16.2. The van der Waals surface area contributed by atoms with E-state index in [0.717, 1.165) is 13.1 Å². The molecule has 1 atom stereocenters. The second-order valence-electron chi connectivity index (χ2n) is 5.83. The van der Waals surface area contributed by atoms with Gasteiger partial charge in [0.15, 0.2) is 0 Å². The van der Waals surface area contributed by atoms with Crippen molar-refractivity contribution < 1.29 is 13.2 Å². The van der Waals surface area contributed by atoms with Gasteiger partial charge in [-0.1, -0.05) is 6.92 Å². The molecular formula is C15H23N3O3S. The Kier molecular flexibility index (Phi) is 5.55. The van der Waals surface area contributed by atoms with Crippen LogP contribution in [0.25, 0.3) is 0 Å². The van der Waals surface area contributed by atoms with E-state index in [4.69, 9.17) is 5.73 Å². The van der Waals surface area contributed by atoms with Crippen LogP contribution in [0.3, 0.4) is 0 Å². The van der Waals surface area contributed by atoms with Gasteiger partial charge in [-0.15, -0.1) is 0 Å². The van der Waals surface area contributed by atoms with Crippen LogP contribution in [-0.4, -0.2) is 45.4 Å². The summed E-state index contributed by atoms with van der Waals surface area (Å²) < 4.78 is 26.9. The van der Waals surface area contributed by atoms with E-state index in [2.05, 4.69) is 16.5 Å². The van der Waals surface area contributed by atoms with Crippen LogP contribution in [0.4, 0.5) is 0 Å². The first kappa shape index (κ1) is 16.9. The van der Waals surface area contributed by atoms with Crippen LogP contribution in [0.2, 0.25) is 0 Å². The maximum absolute atomic E-state index is 12.2. The number of piperidine rings is 1. The molecular weight excluding hydrogens is 302 g/mol. The van der Waals surface area contributed by atoms with Gasteiger partial charge in [-0.25, -0.2) is 13.1 Å². The highest BCUT2D eigenvalue weighted by molar-refractivity contribution is 7.89. The van der Waals surface area contributed by atoms with E-state index < -0.39 is 15.9 Å². The highest BCUT2D eigenvalue weighted by Crippen LogP contribution is 2.15. The van der Waals surface area contributed by atoms with E-state index in [0.29, 0.717) is 24.6 Å². The first-order valence-corrected chi connectivity index (χ1v) is 8.98. The molecule has 2 rings (SSSR count). The molecule has 1 saturated heterocycles. The van der Waals surface area contributed by atoms with Crippen molar-refractivity contribution in [1.29, 1.82) is 0 Å². The van der Waals surface area contributed by atoms with Crippen molar-refractivity contribution in [2.45, 2.75) is 24.7 Å². The second-order valence-corrected chi connectivity index (χ2v) is 7.60. The largest absolute Gasteiger partial charge is 0.366 e. The molecule has 1 amide bonds. The standard InChI is InChI=1S/C15H23N3O3S/c1-12-3-2-9-18(11-12)10-8-17-22(20,21)14-6-4-13(5-7-14)15(16)19/h4-7,12,17H,2-3,8-11H2,1H3,(H2,16,19)/t12-/m0/s1. The Balaban J connectivity index is 1.89. The molecule has 22 heavy (non-hydrogen) atoms. The minimum Gasteiger partial charge on any atom is -0.366 e. The topological polar surface area (TPSA) is 92.5 Å². The van der Waals surface area contributed by atoms with E-state index in [1.54, 1.807) is 0 Å². The van der Waals surface area contributed by atoms with Gasteiger partial charge in [0.1, 0.15) is 0 Å². The summed E-state index contributed by atoms with van der Waals surface area (Å²) in [6.07, 6.45) is 2.41. The number of primary amides is 1. The molecule has 0 bridgehead atoms. The molecule has 3 N–H and O–H groups in total. The number of nitrogens with two attached hydrogens (primary N) is 1. The van der Waals surface area contributed by atoms with Crippen LogP contribution in [0, 0.1) is 5.92 Å². The second kappa shape index (κ2) is 7.21. The van der Waals surface area contributed by atoms with Crippen LogP contribution in [0.15, 0.2) is 29.2 Å². The fourth-order valence-electron chi connectivity index (χ4n) is 2.71. The number of likely N-dealkylation sites (tertiary alicyclic amines) is 1. The molecule has 0 radical (unpaired) electrons. The molecule has 7 heteroatoms. The third-order valence-electron chi connectivity index (χ3n) is 3.91. The summed E-state index contributed by atoms with van der Waals surface area (Å²) in [6, 6.07) is 5.63. The van der Waals surface area contributed by atoms with Crippen molar-refractivity contribution >= 4 is 15.9 Å². The molecule has 1 aliphatic heterocycles. The van der Waals surface area contributed by atoms with Gasteiger partial charge in [0.05, 0.1) is 4.90 Å². The van der Waals surface area contributed by atoms with Gasteiger partial charge < -0.3 is 10.6 Å². The number of rotatable bonds is 6. The average Bonchev–Trinajstić information content (AvgIpc) is 2.47. The van der Waals surface area contributed by atoms with Crippen molar-refractivity contribution in [2.75, 3.05) is 26.2 Å². The Morgan fingerprint density at radius 3 is 2.64 bits per heavy atom. The van der Waals surface area contributed by atoms with Gasteiger partial charge in [0.2, 0.25) is 15.9 Å². The number of carbonyl (C=O) groups is 1. The van der Waals surface area contributed by atoms with Crippen LogP contribution in [0.1, 0.15) is 30.1 Å². The molecule has 1 fully saturated rings. The summed E-state index contributed by atoms with van der Waals surface area (Å²) in [7, 11) is -3.55. The summed E-state index contributed by atoms with van der Waals surface area (Å²) >= 11 is 0. The van der Waals surface area contributed by atoms with E-state index in [-0.39, 0.29) is 4.90 Å². The third kappa shape index (κ3) is 4.53. The number of hydrogen-bond acceptors (Lipinski definition) is 4. The third-order valence-corrected chi connectivity index (χ3v) is 5.39. The quantitative estimate of drug-likeness (QED) is 0.809. The first-order valence-electron chi connectivity index (χ1n) is 7.50. The van der Waals surface area contributed by atoms with Crippen LogP contribution >= 0.6 is 0 Å². The number of carbonyl (C=O) groups excluding carboxylic acids is 1. The molecule has 0 saturated carbocycles. The lowest BCUT2D eigenvalue weighted by atomic mass is 10.0. The number of hydrogen-bond donors (Lipinski definition) is 2. The highest BCUT2D eigenvalue weighted by Gasteiger charge is 2.18. The van der Waals surface area contributed by atoms with Gasteiger partial charge in [0.25, 0.3) is 0 Å². The van der Waals surface area contributed by atoms with Gasteiger partial charge in [-0.2, -0.15) is 0 Å². The van der Waals surface area contributed by atoms with Gasteiger partial charge in [-0.3, -0.25) is 4.79 Å². The van der Waals surface area contributed by atoms with E-state index in [1.165, 1.54) is 37.1 Å². The molecule has 1 aromatic rings. The maximum Gasteiger partial charge on any atom is 0.248 e. The maximum atomic E-state index is 12.2. The lowest BCUT2D eigenvalue weighted by Gasteiger charge is -2.30. The van der Waals surface area contributed by atoms with Gasteiger partial charge >= 0.3 is 0 Å². The van der Waals surface area contributed by atoms with Gasteiger partial charge in [0, 0.05) is 25.2 Å².